The van der Waals surface area contributed by atoms with Crippen LogP contribution in [0.3, 0.4) is 0 Å². The van der Waals surface area contributed by atoms with Crippen LogP contribution in [0.15, 0.2) is 18.2 Å². The lowest BCUT2D eigenvalue weighted by Gasteiger charge is -2.16. The summed E-state index contributed by atoms with van der Waals surface area (Å²) in [6.45, 7) is 6.26. The van der Waals surface area contributed by atoms with Crippen molar-refractivity contribution in [1.82, 2.24) is 5.32 Å². The Morgan fingerprint density at radius 3 is 2.76 bits per heavy atom. The van der Waals surface area contributed by atoms with Gasteiger partial charge < -0.3 is 10.6 Å². The molecule has 0 aromatic heterocycles. The molecule has 0 saturated heterocycles. The minimum Gasteiger partial charge on any atom is -0.360 e. The molecule has 0 heterocycles. The molecule has 0 spiro atoms. The number of hydrogen-bond donors (Lipinski definition) is 2. The third-order valence-corrected chi connectivity index (χ3v) is 3.16. The first-order valence-electron chi connectivity index (χ1n) is 5.86. The quantitative estimate of drug-likeness (QED) is 0.805. The molecular weight excluding hydrogens is 252 g/mol. The van der Waals surface area contributed by atoms with Gasteiger partial charge in [-0.3, -0.25) is 0 Å². The highest BCUT2D eigenvalue weighted by Gasteiger charge is 2.04. The Morgan fingerprint density at radius 1 is 1.47 bits per heavy atom. The molecule has 0 aliphatic rings. The molecule has 1 rings (SSSR count). The zero-order valence-electron chi connectivity index (χ0n) is 10.5. The van der Waals surface area contributed by atoms with Crippen LogP contribution >= 0.6 is 23.8 Å². The molecule has 1 aromatic carbocycles. The normalized spacial score (nSPS) is 12.0. The van der Waals surface area contributed by atoms with Crippen molar-refractivity contribution < 1.29 is 0 Å². The highest BCUT2D eigenvalue weighted by atomic mass is 35.5. The number of nitrogens with one attached hydrogen (secondary N) is 2. The van der Waals surface area contributed by atoms with Crippen molar-refractivity contribution in [2.75, 3.05) is 5.32 Å². The van der Waals surface area contributed by atoms with Crippen LogP contribution in [0, 0.1) is 6.92 Å². The molecule has 0 bridgehead atoms. The van der Waals surface area contributed by atoms with Gasteiger partial charge in [0.15, 0.2) is 5.11 Å². The van der Waals surface area contributed by atoms with Crippen LogP contribution in [0.2, 0.25) is 5.02 Å². The van der Waals surface area contributed by atoms with Gasteiger partial charge in [0, 0.05) is 16.8 Å². The van der Waals surface area contributed by atoms with Gasteiger partial charge in [-0.1, -0.05) is 31.0 Å². The van der Waals surface area contributed by atoms with Crippen molar-refractivity contribution in [2.24, 2.45) is 0 Å². The molecule has 0 saturated carbocycles. The molecule has 94 valence electrons. The summed E-state index contributed by atoms with van der Waals surface area (Å²) in [4.78, 5) is 0. The van der Waals surface area contributed by atoms with E-state index >= 15 is 0 Å². The molecule has 0 aliphatic carbocycles. The predicted octanol–water partition coefficient (Wildman–Crippen LogP) is 4.12. The lowest BCUT2D eigenvalue weighted by Crippen LogP contribution is -2.35. The molecule has 0 radical (unpaired) electrons. The van der Waals surface area contributed by atoms with Crippen molar-refractivity contribution in [1.29, 1.82) is 0 Å². The molecule has 2 nitrogen and oxygen atoms in total. The summed E-state index contributed by atoms with van der Waals surface area (Å²) in [5, 5.41) is 7.77. The Labute approximate surface area is 114 Å². The molecule has 1 unspecified atom stereocenters. The van der Waals surface area contributed by atoms with Crippen molar-refractivity contribution in [3.63, 3.8) is 0 Å². The lowest BCUT2D eigenvalue weighted by atomic mass is 10.2. The summed E-state index contributed by atoms with van der Waals surface area (Å²) in [5.74, 6) is 0. The minimum absolute atomic E-state index is 0.390. The highest BCUT2D eigenvalue weighted by Crippen LogP contribution is 2.19. The molecule has 4 heteroatoms. The van der Waals surface area contributed by atoms with Crippen LogP contribution in [0.4, 0.5) is 5.69 Å². The van der Waals surface area contributed by atoms with E-state index in [1.54, 1.807) is 0 Å². The zero-order valence-corrected chi connectivity index (χ0v) is 12.1. The third-order valence-electron chi connectivity index (χ3n) is 2.53. The summed E-state index contributed by atoms with van der Waals surface area (Å²) >= 11 is 11.3. The van der Waals surface area contributed by atoms with Gasteiger partial charge in [-0.2, -0.15) is 0 Å². The van der Waals surface area contributed by atoms with Crippen LogP contribution in [0.5, 0.6) is 0 Å². The highest BCUT2D eigenvalue weighted by molar-refractivity contribution is 7.80. The number of anilines is 1. The smallest absolute Gasteiger partial charge is 0.170 e. The molecule has 1 atom stereocenters. The summed E-state index contributed by atoms with van der Waals surface area (Å²) < 4.78 is 0. The van der Waals surface area contributed by atoms with Crippen LogP contribution in [0.1, 0.15) is 32.3 Å². The van der Waals surface area contributed by atoms with Gasteiger partial charge in [0.25, 0.3) is 0 Å². The number of benzene rings is 1. The van der Waals surface area contributed by atoms with Crippen molar-refractivity contribution in [2.45, 2.75) is 39.7 Å². The Morgan fingerprint density at radius 2 is 2.18 bits per heavy atom. The van der Waals surface area contributed by atoms with E-state index in [-0.39, 0.29) is 0 Å². The maximum Gasteiger partial charge on any atom is 0.170 e. The summed E-state index contributed by atoms with van der Waals surface area (Å²) in [6.07, 6.45) is 2.25. The van der Waals surface area contributed by atoms with Gasteiger partial charge in [-0.25, -0.2) is 0 Å². The molecule has 17 heavy (non-hydrogen) atoms. The summed E-state index contributed by atoms with van der Waals surface area (Å²) in [6, 6.07) is 6.22. The SMILES string of the molecule is CCCC(C)NC(=S)Nc1ccc(C)c(Cl)c1. The standard InChI is InChI=1S/C13H19ClN2S/c1-4-5-10(3)15-13(17)16-11-7-6-9(2)12(14)8-11/h6-8,10H,4-5H2,1-3H3,(H2,15,16,17). The first kappa shape index (κ1) is 14.3. The zero-order chi connectivity index (χ0) is 12.8. The van der Waals surface area contributed by atoms with Gasteiger partial charge in [-0.15, -0.1) is 0 Å². The number of halogens is 1. The Bertz CT molecular complexity index is 393. The number of hydrogen-bond acceptors (Lipinski definition) is 1. The minimum atomic E-state index is 0.390. The van der Waals surface area contributed by atoms with E-state index in [9.17, 15) is 0 Å². The molecular formula is C13H19ClN2S. The van der Waals surface area contributed by atoms with E-state index in [2.05, 4.69) is 24.5 Å². The largest absolute Gasteiger partial charge is 0.360 e. The average Bonchev–Trinajstić information content (AvgIpc) is 2.23. The Hall–Kier alpha value is -0.800. The molecule has 1 aromatic rings. The van der Waals surface area contributed by atoms with Gasteiger partial charge >= 0.3 is 0 Å². The van der Waals surface area contributed by atoms with Gasteiger partial charge in [-0.05, 0) is 50.2 Å². The number of aryl methyl sites for hydroxylation is 1. The van der Waals surface area contributed by atoms with E-state index in [0.717, 1.165) is 29.1 Å². The molecule has 0 aliphatic heterocycles. The fraction of sp³-hybridized carbons (Fsp3) is 0.462. The first-order valence-corrected chi connectivity index (χ1v) is 6.65. The van der Waals surface area contributed by atoms with E-state index in [1.165, 1.54) is 0 Å². The van der Waals surface area contributed by atoms with Crippen molar-refractivity contribution >= 4 is 34.6 Å². The Kier molecular flexibility index (Phi) is 5.72. The molecule has 2 N–H and O–H groups in total. The summed E-state index contributed by atoms with van der Waals surface area (Å²) in [7, 11) is 0. The van der Waals surface area contributed by atoms with E-state index in [0.29, 0.717) is 11.2 Å². The Balaban J connectivity index is 2.53. The average molecular weight is 271 g/mol. The second kappa shape index (κ2) is 6.82. The summed E-state index contributed by atoms with van der Waals surface area (Å²) in [5.41, 5.74) is 1.98. The second-order valence-electron chi connectivity index (χ2n) is 4.25. The maximum atomic E-state index is 6.05. The maximum absolute atomic E-state index is 6.05. The van der Waals surface area contributed by atoms with Crippen LogP contribution < -0.4 is 10.6 Å². The van der Waals surface area contributed by atoms with E-state index in [4.69, 9.17) is 23.8 Å². The van der Waals surface area contributed by atoms with Gasteiger partial charge in [0.05, 0.1) is 0 Å². The predicted molar refractivity (Wildman–Crippen MR) is 79.9 cm³/mol. The number of rotatable bonds is 4. The van der Waals surface area contributed by atoms with Crippen LogP contribution in [-0.4, -0.2) is 11.2 Å². The topological polar surface area (TPSA) is 24.1 Å². The first-order chi connectivity index (χ1) is 8.02. The fourth-order valence-corrected chi connectivity index (χ4v) is 2.07. The van der Waals surface area contributed by atoms with Crippen LogP contribution in [0.25, 0.3) is 0 Å². The monoisotopic (exact) mass is 270 g/mol. The number of thiocarbonyl (C=S) groups is 1. The fourth-order valence-electron chi connectivity index (χ4n) is 1.57. The van der Waals surface area contributed by atoms with Crippen molar-refractivity contribution in [3.05, 3.63) is 28.8 Å². The molecule has 0 fully saturated rings. The second-order valence-corrected chi connectivity index (χ2v) is 5.07. The van der Waals surface area contributed by atoms with Crippen molar-refractivity contribution in [3.8, 4) is 0 Å². The van der Waals surface area contributed by atoms with Gasteiger partial charge in [0.2, 0.25) is 0 Å². The van der Waals surface area contributed by atoms with Crippen LogP contribution in [-0.2, 0) is 0 Å². The lowest BCUT2D eigenvalue weighted by molar-refractivity contribution is 0.599. The van der Waals surface area contributed by atoms with E-state index in [1.807, 2.05) is 25.1 Å². The molecule has 0 amide bonds. The van der Waals surface area contributed by atoms with E-state index < -0.39 is 0 Å². The third kappa shape index (κ3) is 4.92. The van der Waals surface area contributed by atoms with Gasteiger partial charge in [0.1, 0.15) is 0 Å².